The van der Waals surface area contributed by atoms with Gasteiger partial charge in [-0.15, -0.1) is 0 Å². The Hall–Kier alpha value is -3.73. The molecule has 4 atom stereocenters. The molecule has 3 aromatic rings. The molecule has 1 fully saturated rings. The van der Waals surface area contributed by atoms with Crippen LogP contribution in [0.25, 0.3) is 0 Å². The lowest BCUT2D eigenvalue weighted by atomic mass is 9.62. The van der Waals surface area contributed by atoms with Crippen molar-refractivity contribution in [1.29, 1.82) is 0 Å². The number of halogens is 4. The molecule has 1 saturated heterocycles. The first-order valence-corrected chi connectivity index (χ1v) is 14.1. The number of hydrogen-bond acceptors (Lipinski definition) is 6. The van der Waals surface area contributed by atoms with Gasteiger partial charge < -0.3 is 19.9 Å². The smallest absolute Gasteiger partial charge is 0.335 e. The molecular weight excluding hydrogens is 605 g/mol. The van der Waals surface area contributed by atoms with Crippen LogP contribution in [0.3, 0.4) is 0 Å². The predicted octanol–water partition coefficient (Wildman–Crippen LogP) is 6.14. The van der Waals surface area contributed by atoms with Crippen LogP contribution >= 0.6 is 23.2 Å². The first-order valence-electron chi connectivity index (χ1n) is 13.3. The molecule has 8 nitrogen and oxygen atoms in total. The van der Waals surface area contributed by atoms with Crippen LogP contribution in [-0.4, -0.2) is 48.8 Å². The molecule has 1 spiro atoms. The summed E-state index contributed by atoms with van der Waals surface area (Å²) in [5.74, 6) is -4.80. The molecule has 43 heavy (non-hydrogen) atoms. The second-order valence-corrected chi connectivity index (χ2v) is 12.3. The average molecular weight is 633 g/mol. The molecule has 2 aliphatic heterocycles. The van der Waals surface area contributed by atoms with Gasteiger partial charge in [0.05, 0.1) is 24.4 Å². The summed E-state index contributed by atoms with van der Waals surface area (Å²) in [6.45, 7) is 2.65. The van der Waals surface area contributed by atoms with Gasteiger partial charge in [0, 0.05) is 22.7 Å². The Morgan fingerprint density at radius 1 is 1.09 bits per heavy atom. The van der Waals surface area contributed by atoms with Gasteiger partial charge in [0.15, 0.2) is 11.5 Å². The van der Waals surface area contributed by atoms with Crippen molar-refractivity contribution < 1.29 is 37.7 Å². The van der Waals surface area contributed by atoms with Crippen LogP contribution in [-0.2, 0) is 15.0 Å². The normalized spacial score (nSPS) is 22.8. The van der Waals surface area contributed by atoms with E-state index in [1.54, 1.807) is 32.0 Å². The Morgan fingerprint density at radius 2 is 1.84 bits per heavy atom. The first kappa shape index (κ1) is 30.7. The van der Waals surface area contributed by atoms with E-state index < -0.39 is 59.2 Å². The molecule has 2 aliphatic rings. The molecule has 12 heteroatoms. The number of carboxylic acids is 1. The number of carbonyl (C=O) groups is 3. The highest BCUT2D eigenvalue weighted by Gasteiger charge is 2.66. The molecule has 0 aliphatic carbocycles. The number of carbonyl (C=O) groups excluding carboxylic acids is 2. The minimum Gasteiger partial charge on any atom is -0.493 e. The zero-order valence-electron chi connectivity index (χ0n) is 23.3. The van der Waals surface area contributed by atoms with E-state index in [2.05, 4.69) is 10.6 Å². The van der Waals surface area contributed by atoms with E-state index >= 15 is 4.39 Å². The summed E-state index contributed by atoms with van der Waals surface area (Å²) in [6.07, 6.45) is 0.0814. The second kappa shape index (κ2) is 11.4. The van der Waals surface area contributed by atoms with Crippen molar-refractivity contribution in [3.05, 3.63) is 87.2 Å². The number of aromatic carboxylic acids is 1. The molecule has 5 rings (SSSR count). The van der Waals surface area contributed by atoms with Crippen molar-refractivity contribution in [2.45, 2.75) is 43.7 Å². The Labute approximate surface area is 256 Å². The van der Waals surface area contributed by atoms with E-state index in [9.17, 15) is 23.9 Å². The summed E-state index contributed by atoms with van der Waals surface area (Å²) in [6, 6.07) is 10.6. The summed E-state index contributed by atoms with van der Waals surface area (Å²) in [4.78, 5) is 39.7. The van der Waals surface area contributed by atoms with Gasteiger partial charge in [0.1, 0.15) is 17.3 Å². The van der Waals surface area contributed by atoms with Crippen molar-refractivity contribution >= 4 is 46.7 Å². The summed E-state index contributed by atoms with van der Waals surface area (Å²) in [7, 11) is 1.28. The molecular formula is C31H28Cl2F2N2O6. The minimum absolute atomic E-state index is 0.0198. The average Bonchev–Trinajstić information content (AvgIpc) is 3.44. The van der Waals surface area contributed by atoms with Crippen molar-refractivity contribution in [2.24, 2.45) is 5.41 Å². The van der Waals surface area contributed by atoms with E-state index in [0.717, 1.165) is 0 Å². The maximum Gasteiger partial charge on any atom is 0.335 e. The molecule has 0 unspecified atom stereocenters. The number of benzene rings is 3. The van der Waals surface area contributed by atoms with Gasteiger partial charge in [-0.25, -0.2) is 14.0 Å². The summed E-state index contributed by atoms with van der Waals surface area (Å²) in [5.41, 5.74) is -1.83. The molecule has 0 bridgehead atoms. The second-order valence-electron chi connectivity index (χ2n) is 11.4. The van der Waals surface area contributed by atoms with Gasteiger partial charge in [-0.3, -0.25) is 14.5 Å². The Bertz CT molecular complexity index is 1630. The fraction of sp³-hybridized carbons (Fsp3) is 0.323. The Kier molecular flexibility index (Phi) is 8.15. The van der Waals surface area contributed by atoms with Crippen LogP contribution < -0.4 is 20.1 Å². The standard InChI is InChI=1S/C31H28Cl2F2N2O6/c1-30(2,14-34)13-23-31(18-9-8-16(32)12-20(18)36-29(31)41)24(17-5-4-6-19(33)25(17)35)26(37-23)28(40)43-21-10-7-15(27(38)39)11-22(21)42-3/h4-12,23-24,26,37H,13-14H2,1-3H3,(H,36,41)(H,38,39)/t23-,24-,26+,31+/m0/s1. The molecule has 0 saturated carbocycles. The van der Waals surface area contributed by atoms with E-state index in [1.165, 1.54) is 43.5 Å². The first-order chi connectivity index (χ1) is 20.3. The zero-order chi connectivity index (χ0) is 31.3. The third-order valence-corrected chi connectivity index (χ3v) is 8.64. The molecule has 226 valence electrons. The van der Waals surface area contributed by atoms with Crippen molar-refractivity contribution in [3.8, 4) is 11.5 Å². The minimum atomic E-state index is -1.61. The van der Waals surface area contributed by atoms with E-state index in [-0.39, 0.29) is 34.1 Å². The van der Waals surface area contributed by atoms with E-state index in [1.807, 2.05) is 0 Å². The summed E-state index contributed by atoms with van der Waals surface area (Å²) >= 11 is 12.4. The van der Waals surface area contributed by atoms with Gasteiger partial charge in [-0.05, 0) is 59.4 Å². The van der Waals surface area contributed by atoms with Crippen LogP contribution in [0.2, 0.25) is 10.0 Å². The topological polar surface area (TPSA) is 114 Å². The number of anilines is 1. The highest BCUT2D eigenvalue weighted by atomic mass is 35.5. The van der Waals surface area contributed by atoms with Gasteiger partial charge in [-0.1, -0.05) is 55.2 Å². The van der Waals surface area contributed by atoms with Gasteiger partial charge in [0.25, 0.3) is 0 Å². The zero-order valence-corrected chi connectivity index (χ0v) is 24.9. The van der Waals surface area contributed by atoms with Crippen molar-refractivity contribution in [1.82, 2.24) is 5.32 Å². The molecule has 1 amide bonds. The highest BCUT2D eigenvalue weighted by molar-refractivity contribution is 6.31. The fourth-order valence-electron chi connectivity index (χ4n) is 6.18. The Balaban J connectivity index is 1.71. The van der Waals surface area contributed by atoms with Crippen LogP contribution in [0.5, 0.6) is 11.5 Å². The maximum atomic E-state index is 15.9. The Morgan fingerprint density at radius 3 is 2.51 bits per heavy atom. The number of alkyl halides is 1. The highest BCUT2D eigenvalue weighted by Crippen LogP contribution is 2.57. The molecule has 2 heterocycles. The molecule has 3 N–H and O–H groups in total. The number of hydrogen-bond donors (Lipinski definition) is 3. The van der Waals surface area contributed by atoms with E-state index in [0.29, 0.717) is 16.3 Å². The van der Waals surface area contributed by atoms with E-state index in [4.69, 9.17) is 32.7 Å². The van der Waals surface area contributed by atoms with Crippen LogP contribution in [0, 0.1) is 11.2 Å². The number of rotatable bonds is 8. The number of fused-ring (bicyclic) bond motifs is 2. The monoisotopic (exact) mass is 632 g/mol. The number of esters is 1. The van der Waals surface area contributed by atoms with Crippen LogP contribution in [0.1, 0.15) is 47.7 Å². The SMILES string of the molecule is COc1cc(C(=O)O)ccc1OC(=O)[C@@H]1N[C@@H](CC(C)(C)CF)[C@@]2(C(=O)Nc3cc(Cl)ccc32)[C@H]1c1cccc(Cl)c1F. The number of carboxylic acid groups (broad SMARTS) is 1. The largest absolute Gasteiger partial charge is 0.493 e. The van der Waals surface area contributed by atoms with Crippen molar-refractivity contribution in [2.75, 3.05) is 19.1 Å². The van der Waals surface area contributed by atoms with Gasteiger partial charge in [0.2, 0.25) is 5.91 Å². The molecule has 0 radical (unpaired) electrons. The summed E-state index contributed by atoms with van der Waals surface area (Å²) < 4.78 is 41.1. The lowest BCUT2D eigenvalue weighted by Crippen LogP contribution is -2.50. The number of ether oxygens (including phenoxy) is 2. The fourth-order valence-corrected chi connectivity index (χ4v) is 6.53. The quantitative estimate of drug-likeness (QED) is 0.202. The number of amides is 1. The lowest BCUT2D eigenvalue weighted by Gasteiger charge is -2.38. The van der Waals surface area contributed by atoms with Crippen LogP contribution in [0.15, 0.2) is 54.6 Å². The van der Waals surface area contributed by atoms with Gasteiger partial charge >= 0.3 is 11.9 Å². The third-order valence-electron chi connectivity index (χ3n) is 8.12. The molecule has 0 aromatic heterocycles. The number of nitrogens with one attached hydrogen (secondary N) is 2. The maximum absolute atomic E-state index is 15.9. The lowest BCUT2D eigenvalue weighted by molar-refractivity contribution is -0.137. The van der Waals surface area contributed by atoms with Crippen molar-refractivity contribution in [3.63, 3.8) is 0 Å². The molecule has 3 aromatic carbocycles. The predicted molar refractivity (Wildman–Crippen MR) is 157 cm³/mol. The van der Waals surface area contributed by atoms with Crippen LogP contribution in [0.4, 0.5) is 14.5 Å². The van der Waals surface area contributed by atoms with Gasteiger partial charge in [-0.2, -0.15) is 0 Å². The number of methoxy groups -OCH3 is 1. The third kappa shape index (κ3) is 5.21. The summed E-state index contributed by atoms with van der Waals surface area (Å²) in [5, 5.41) is 15.5.